The number of ether oxygens (including phenoxy) is 4. The molecule has 1 aliphatic rings. The molecule has 8 nitrogen and oxygen atoms in total. The van der Waals surface area contributed by atoms with Gasteiger partial charge >= 0.3 is 11.9 Å². The highest BCUT2D eigenvalue weighted by Crippen LogP contribution is 2.48. The molecule has 8 heteroatoms. The molecular weight excluding hydrogens is 486 g/mol. The normalized spacial score (nSPS) is 21.4. The first-order valence-corrected chi connectivity index (χ1v) is 12.2. The van der Waals surface area contributed by atoms with Crippen molar-refractivity contribution in [2.75, 3.05) is 28.4 Å². The van der Waals surface area contributed by atoms with Gasteiger partial charge in [0.1, 0.15) is 23.3 Å². The highest BCUT2D eigenvalue weighted by Gasteiger charge is 2.55. The number of nitrogens with zero attached hydrogens (tertiary/aromatic N) is 1. The first kappa shape index (κ1) is 26.9. The van der Waals surface area contributed by atoms with Gasteiger partial charge in [-0.05, 0) is 41.0 Å². The van der Waals surface area contributed by atoms with E-state index in [1.807, 2.05) is 59.5 Å². The highest BCUT2D eigenvalue weighted by molar-refractivity contribution is 6.10. The molecule has 0 aromatic heterocycles. The third-order valence-corrected chi connectivity index (χ3v) is 6.99. The number of piperidine rings is 1. The van der Waals surface area contributed by atoms with E-state index in [1.54, 1.807) is 38.5 Å². The number of rotatable bonds is 8. The van der Waals surface area contributed by atoms with Gasteiger partial charge in [0, 0.05) is 6.54 Å². The molecule has 4 atom stereocenters. The second-order valence-corrected chi connectivity index (χ2v) is 9.00. The summed E-state index contributed by atoms with van der Waals surface area (Å²) >= 11 is 0. The average molecular weight is 518 g/mol. The molecular formula is C30H31NO7. The van der Waals surface area contributed by atoms with Crippen LogP contribution in [0, 0.1) is 11.8 Å². The van der Waals surface area contributed by atoms with Gasteiger partial charge in [-0.1, -0.05) is 54.6 Å². The molecule has 0 spiro atoms. The van der Waals surface area contributed by atoms with Crippen molar-refractivity contribution in [1.82, 2.24) is 4.90 Å². The van der Waals surface area contributed by atoms with Crippen molar-refractivity contribution in [2.24, 2.45) is 11.8 Å². The lowest BCUT2D eigenvalue weighted by molar-refractivity contribution is -0.168. The number of hydrogen-bond donors (Lipinski definition) is 0. The standard InChI is InChI=1S/C30H31NO7/c1-35-22-14-10-20(11-15-22)26-24(29(33)37-3)28(32)25(30(34)38-4)27(21-12-16-23(36-2)17-13-21)31(26)18-19-8-6-5-7-9-19/h5-17,24-27H,18H2,1-4H3/t24-,25+,26-,27+. The fourth-order valence-electron chi connectivity index (χ4n) is 5.17. The molecule has 4 rings (SSSR count). The van der Waals surface area contributed by atoms with E-state index in [1.165, 1.54) is 14.2 Å². The number of methoxy groups -OCH3 is 4. The van der Waals surface area contributed by atoms with E-state index in [4.69, 9.17) is 18.9 Å². The Balaban J connectivity index is 1.96. The largest absolute Gasteiger partial charge is 0.497 e. The van der Waals surface area contributed by atoms with Gasteiger partial charge in [0.05, 0.1) is 40.5 Å². The van der Waals surface area contributed by atoms with E-state index in [0.29, 0.717) is 29.2 Å². The van der Waals surface area contributed by atoms with Gasteiger partial charge in [0.15, 0.2) is 5.78 Å². The van der Waals surface area contributed by atoms with Crippen molar-refractivity contribution in [2.45, 2.75) is 18.6 Å². The van der Waals surface area contributed by atoms with Gasteiger partial charge in [0.2, 0.25) is 0 Å². The second kappa shape index (κ2) is 11.9. The molecule has 0 aliphatic carbocycles. The maximum Gasteiger partial charge on any atom is 0.318 e. The Morgan fingerprint density at radius 2 is 1.08 bits per heavy atom. The first-order chi connectivity index (χ1) is 18.4. The van der Waals surface area contributed by atoms with Gasteiger partial charge in [0.25, 0.3) is 0 Å². The predicted octanol–water partition coefficient (Wildman–Crippen LogP) is 4.15. The molecule has 3 aromatic carbocycles. The summed E-state index contributed by atoms with van der Waals surface area (Å²) < 4.78 is 20.9. The summed E-state index contributed by atoms with van der Waals surface area (Å²) in [6.07, 6.45) is 0. The number of likely N-dealkylation sites (tertiary alicyclic amines) is 1. The molecule has 0 bridgehead atoms. The van der Waals surface area contributed by atoms with Gasteiger partial charge in [-0.3, -0.25) is 19.3 Å². The van der Waals surface area contributed by atoms with Crippen LogP contribution in [0.4, 0.5) is 0 Å². The number of benzene rings is 3. The lowest BCUT2D eigenvalue weighted by Crippen LogP contribution is -2.55. The van der Waals surface area contributed by atoms with E-state index < -0.39 is 41.6 Å². The van der Waals surface area contributed by atoms with Crippen LogP contribution in [0.3, 0.4) is 0 Å². The molecule has 1 heterocycles. The van der Waals surface area contributed by atoms with Crippen molar-refractivity contribution in [3.63, 3.8) is 0 Å². The first-order valence-electron chi connectivity index (χ1n) is 12.2. The predicted molar refractivity (Wildman–Crippen MR) is 139 cm³/mol. The van der Waals surface area contributed by atoms with Crippen LogP contribution in [-0.2, 0) is 30.4 Å². The van der Waals surface area contributed by atoms with Crippen LogP contribution in [0.25, 0.3) is 0 Å². The maximum absolute atomic E-state index is 14.1. The second-order valence-electron chi connectivity index (χ2n) is 9.00. The van der Waals surface area contributed by atoms with E-state index in [2.05, 4.69) is 0 Å². The fraction of sp³-hybridized carbons (Fsp3) is 0.300. The summed E-state index contributed by atoms with van der Waals surface area (Å²) in [6.45, 7) is 0.350. The van der Waals surface area contributed by atoms with Crippen molar-refractivity contribution >= 4 is 17.7 Å². The number of carbonyl (C=O) groups is 3. The molecule has 0 saturated carbocycles. The summed E-state index contributed by atoms with van der Waals surface area (Å²) in [6, 6.07) is 22.7. The number of ketones is 1. The summed E-state index contributed by atoms with van der Waals surface area (Å²) in [5.74, 6) is -3.20. The van der Waals surface area contributed by atoms with Crippen LogP contribution in [0.15, 0.2) is 78.9 Å². The van der Waals surface area contributed by atoms with E-state index in [9.17, 15) is 14.4 Å². The number of carbonyl (C=O) groups excluding carboxylic acids is 3. The molecule has 0 N–H and O–H groups in total. The minimum absolute atomic E-state index is 0.350. The molecule has 1 aliphatic heterocycles. The molecule has 1 fully saturated rings. The van der Waals surface area contributed by atoms with Gasteiger partial charge in [-0.25, -0.2) is 0 Å². The van der Waals surface area contributed by atoms with Crippen molar-refractivity contribution < 1.29 is 33.3 Å². The van der Waals surface area contributed by atoms with Gasteiger partial charge in [-0.15, -0.1) is 0 Å². The average Bonchev–Trinajstić information content (AvgIpc) is 2.97. The van der Waals surface area contributed by atoms with E-state index in [0.717, 1.165) is 5.56 Å². The molecule has 38 heavy (non-hydrogen) atoms. The monoisotopic (exact) mass is 517 g/mol. The number of hydrogen-bond acceptors (Lipinski definition) is 8. The third-order valence-electron chi connectivity index (χ3n) is 6.99. The molecule has 0 unspecified atom stereocenters. The summed E-state index contributed by atoms with van der Waals surface area (Å²) in [5.41, 5.74) is 2.38. The SMILES string of the molecule is COC(=O)[C@H]1C(=O)[C@@H](C(=O)OC)[C@H](c2ccc(OC)cc2)N(Cc2ccccc2)[C@@H]1c1ccc(OC)cc1. The summed E-state index contributed by atoms with van der Waals surface area (Å²) in [5, 5.41) is 0. The highest BCUT2D eigenvalue weighted by atomic mass is 16.5. The zero-order chi connectivity index (χ0) is 27.2. The molecule has 0 radical (unpaired) electrons. The molecule has 198 valence electrons. The topological polar surface area (TPSA) is 91.4 Å². The van der Waals surface area contributed by atoms with Crippen LogP contribution in [0.2, 0.25) is 0 Å². The van der Waals surface area contributed by atoms with Crippen molar-refractivity contribution in [3.05, 3.63) is 95.6 Å². The van der Waals surface area contributed by atoms with Crippen LogP contribution in [0.1, 0.15) is 28.8 Å². The minimum Gasteiger partial charge on any atom is -0.497 e. The van der Waals surface area contributed by atoms with E-state index >= 15 is 0 Å². The maximum atomic E-state index is 14.1. The molecule has 0 amide bonds. The summed E-state index contributed by atoms with van der Waals surface area (Å²) in [7, 11) is 5.62. The summed E-state index contributed by atoms with van der Waals surface area (Å²) in [4.78, 5) is 42.5. The number of Topliss-reactive ketones (excluding diaryl/α,β-unsaturated/α-hetero) is 1. The molecule has 1 saturated heterocycles. The Kier molecular flexibility index (Phi) is 8.43. The Morgan fingerprint density at radius 1 is 0.658 bits per heavy atom. The van der Waals surface area contributed by atoms with Crippen LogP contribution in [-0.4, -0.2) is 51.1 Å². The van der Waals surface area contributed by atoms with Crippen molar-refractivity contribution in [3.8, 4) is 11.5 Å². The smallest absolute Gasteiger partial charge is 0.318 e. The van der Waals surface area contributed by atoms with Crippen LogP contribution >= 0.6 is 0 Å². The third kappa shape index (κ3) is 5.26. The fourth-order valence-corrected chi connectivity index (χ4v) is 5.17. The minimum atomic E-state index is -1.25. The van der Waals surface area contributed by atoms with Gasteiger partial charge in [-0.2, -0.15) is 0 Å². The zero-order valence-corrected chi connectivity index (χ0v) is 21.8. The van der Waals surface area contributed by atoms with Crippen molar-refractivity contribution in [1.29, 1.82) is 0 Å². The Hall–Kier alpha value is -4.17. The van der Waals surface area contributed by atoms with E-state index in [-0.39, 0.29) is 0 Å². The zero-order valence-electron chi connectivity index (χ0n) is 21.8. The Morgan fingerprint density at radius 3 is 1.45 bits per heavy atom. The Bertz CT molecular complexity index is 1180. The lowest BCUT2D eigenvalue weighted by Gasteiger charge is -2.48. The van der Waals surface area contributed by atoms with Crippen LogP contribution in [0.5, 0.6) is 11.5 Å². The molecule has 3 aromatic rings. The quantitative estimate of drug-likeness (QED) is 0.325. The van der Waals surface area contributed by atoms with Gasteiger partial charge < -0.3 is 18.9 Å². The number of esters is 2. The van der Waals surface area contributed by atoms with Crippen LogP contribution < -0.4 is 9.47 Å². The Labute approximate surface area is 222 Å². The lowest BCUT2D eigenvalue weighted by atomic mass is 9.72.